The second kappa shape index (κ2) is 5.56. The van der Waals surface area contributed by atoms with Gasteiger partial charge in [0.1, 0.15) is 5.69 Å². The third kappa shape index (κ3) is 3.31. The summed E-state index contributed by atoms with van der Waals surface area (Å²) in [5, 5.41) is 0. The number of carbonyl (C=O) groups excluding carboxylic acids is 1. The average Bonchev–Trinajstić information content (AvgIpc) is 2.19. The lowest BCUT2D eigenvalue weighted by molar-refractivity contribution is 0.0979. The Morgan fingerprint density at radius 3 is 2.93 bits per heavy atom. The predicted molar refractivity (Wildman–Crippen MR) is 59.0 cm³/mol. The van der Waals surface area contributed by atoms with E-state index in [0.717, 1.165) is 4.47 Å². The lowest BCUT2D eigenvalue weighted by atomic mass is 10.1. The van der Waals surface area contributed by atoms with Crippen LogP contribution >= 0.6 is 15.9 Å². The number of aromatic nitrogens is 1. The SMILES string of the molecule is CC#CCCC(=O)c1ccc(Br)cn1. The van der Waals surface area contributed by atoms with E-state index < -0.39 is 0 Å². The molecule has 0 atom stereocenters. The number of Topliss-reactive ketones (excluding diaryl/α,β-unsaturated/α-hetero) is 1. The summed E-state index contributed by atoms with van der Waals surface area (Å²) < 4.78 is 0.877. The summed E-state index contributed by atoms with van der Waals surface area (Å²) in [6, 6.07) is 3.53. The van der Waals surface area contributed by atoms with E-state index in [2.05, 4.69) is 32.8 Å². The number of nitrogens with zero attached hydrogens (tertiary/aromatic N) is 1. The molecule has 1 heterocycles. The molecule has 0 unspecified atom stereocenters. The molecule has 0 aliphatic carbocycles. The van der Waals surface area contributed by atoms with Crippen molar-refractivity contribution in [3.8, 4) is 11.8 Å². The van der Waals surface area contributed by atoms with Gasteiger partial charge in [0.05, 0.1) is 0 Å². The molecule has 0 saturated heterocycles. The number of carbonyl (C=O) groups is 1. The molecule has 0 N–H and O–H groups in total. The highest BCUT2D eigenvalue weighted by molar-refractivity contribution is 9.10. The van der Waals surface area contributed by atoms with Gasteiger partial charge in [-0.2, -0.15) is 0 Å². The van der Waals surface area contributed by atoms with Gasteiger partial charge in [0, 0.05) is 23.5 Å². The summed E-state index contributed by atoms with van der Waals surface area (Å²) in [7, 11) is 0. The molecule has 0 aromatic carbocycles. The van der Waals surface area contributed by atoms with Gasteiger partial charge in [-0.05, 0) is 35.0 Å². The van der Waals surface area contributed by atoms with Crippen LogP contribution in [0.5, 0.6) is 0 Å². The molecule has 0 amide bonds. The predicted octanol–water partition coefficient (Wildman–Crippen LogP) is 2.83. The van der Waals surface area contributed by atoms with E-state index in [1.807, 2.05) is 6.07 Å². The normalized spacial score (nSPS) is 9.00. The van der Waals surface area contributed by atoms with Crippen molar-refractivity contribution in [2.24, 2.45) is 0 Å². The number of hydrogen-bond donors (Lipinski definition) is 0. The van der Waals surface area contributed by atoms with Gasteiger partial charge in [0.25, 0.3) is 0 Å². The minimum absolute atomic E-state index is 0.0419. The third-order valence-corrected chi connectivity index (χ3v) is 2.14. The van der Waals surface area contributed by atoms with E-state index in [-0.39, 0.29) is 5.78 Å². The van der Waals surface area contributed by atoms with Crippen molar-refractivity contribution in [2.45, 2.75) is 19.8 Å². The molecule has 0 fully saturated rings. The van der Waals surface area contributed by atoms with Gasteiger partial charge >= 0.3 is 0 Å². The molecular weight excluding hydrogens is 242 g/mol. The fourth-order valence-corrected chi connectivity index (χ4v) is 1.20. The number of rotatable bonds is 3. The largest absolute Gasteiger partial charge is 0.292 e. The van der Waals surface area contributed by atoms with Gasteiger partial charge in [-0.1, -0.05) is 0 Å². The van der Waals surface area contributed by atoms with Crippen LogP contribution in [0, 0.1) is 11.8 Å². The van der Waals surface area contributed by atoms with Crippen molar-refractivity contribution >= 4 is 21.7 Å². The zero-order valence-corrected chi connectivity index (χ0v) is 9.47. The molecule has 0 bridgehead atoms. The molecule has 14 heavy (non-hydrogen) atoms. The number of pyridine rings is 1. The highest BCUT2D eigenvalue weighted by Crippen LogP contribution is 2.09. The highest BCUT2D eigenvalue weighted by Gasteiger charge is 2.05. The molecule has 2 nitrogen and oxygen atoms in total. The molecular formula is C11H10BrNO. The van der Waals surface area contributed by atoms with Crippen molar-refractivity contribution in [1.29, 1.82) is 0 Å². The smallest absolute Gasteiger partial charge is 0.182 e. The Labute approximate surface area is 91.9 Å². The highest BCUT2D eigenvalue weighted by atomic mass is 79.9. The first kappa shape index (κ1) is 10.9. The van der Waals surface area contributed by atoms with Crippen LogP contribution in [0.15, 0.2) is 22.8 Å². The van der Waals surface area contributed by atoms with Gasteiger partial charge in [0.2, 0.25) is 0 Å². The van der Waals surface area contributed by atoms with E-state index in [1.54, 1.807) is 19.2 Å². The summed E-state index contributed by atoms with van der Waals surface area (Å²) in [5.74, 6) is 5.65. The number of ketones is 1. The van der Waals surface area contributed by atoms with E-state index >= 15 is 0 Å². The first-order chi connectivity index (χ1) is 6.74. The zero-order valence-electron chi connectivity index (χ0n) is 7.88. The van der Waals surface area contributed by atoms with Crippen molar-refractivity contribution < 1.29 is 4.79 Å². The lowest BCUT2D eigenvalue weighted by Gasteiger charge is -1.96. The Hall–Kier alpha value is -1.14. The summed E-state index contributed by atoms with van der Waals surface area (Å²) in [6.07, 6.45) is 2.67. The molecule has 72 valence electrons. The monoisotopic (exact) mass is 251 g/mol. The maximum Gasteiger partial charge on any atom is 0.182 e. The first-order valence-electron chi connectivity index (χ1n) is 4.28. The van der Waals surface area contributed by atoms with Crippen molar-refractivity contribution in [2.75, 3.05) is 0 Å². The fraction of sp³-hybridized carbons (Fsp3) is 0.273. The van der Waals surface area contributed by atoms with E-state index in [4.69, 9.17) is 0 Å². The Morgan fingerprint density at radius 1 is 1.57 bits per heavy atom. The molecule has 0 spiro atoms. The average molecular weight is 252 g/mol. The molecule has 0 aliphatic heterocycles. The van der Waals surface area contributed by atoms with Crippen LogP contribution in [0.4, 0.5) is 0 Å². The van der Waals surface area contributed by atoms with E-state index in [9.17, 15) is 4.79 Å². The van der Waals surface area contributed by atoms with E-state index in [1.165, 1.54) is 0 Å². The zero-order chi connectivity index (χ0) is 10.4. The second-order valence-corrected chi connectivity index (χ2v) is 3.63. The number of halogens is 1. The van der Waals surface area contributed by atoms with Gasteiger partial charge < -0.3 is 0 Å². The minimum atomic E-state index is 0.0419. The maximum atomic E-state index is 11.5. The first-order valence-corrected chi connectivity index (χ1v) is 5.07. The lowest BCUT2D eigenvalue weighted by Crippen LogP contribution is -2.00. The third-order valence-electron chi connectivity index (χ3n) is 1.67. The number of hydrogen-bond acceptors (Lipinski definition) is 2. The molecule has 1 rings (SSSR count). The van der Waals surface area contributed by atoms with Crippen molar-refractivity contribution in [1.82, 2.24) is 4.98 Å². The fourth-order valence-electron chi connectivity index (χ4n) is 0.970. The van der Waals surface area contributed by atoms with Crippen LogP contribution in [-0.2, 0) is 0 Å². The van der Waals surface area contributed by atoms with Gasteiger partial charge in [-0.25, -0.2) is 0 Å². The molecule has 0 aliphatic rings. The topological polar surface area (TPSA) is 30.0 Å². The van der Waals surface area contributed by atoms with Crippen LogP contribution in [0.3, 0.4) is 0 Å². The van der Waals surface area contributed by atoms with Gasteiger partial charge in [0.15, 0.2) is 5.78 Å². The van der Waals surface area contributed by atoms with Crippen molar-refractivity contribution in [3.05, 3.63) is 28.5 Å². The van der Waals surface area contributed by atoms with Crippen LogP contribution in [0.25, 0.3) is 0 Å². The van der Waals surface area contributed by atoms with Crippen LogP contribution in [0.1, 0.15) is 30.3 Å². The second-order valence-electron chi connectivity index (χ2n) is 2.71. The summed E-state index contributed by atoms with van der Waals surface area (Å²) >= 11 is 3.26. The Balaban J connectivity index is 2.59. The standard InChI is InChI=1S/C11H10BrNO/c1-2-3-4-5-11(14)10-7-6-9(12)8-13-10/h6-8H,4-5H2,1H3. The maximum absolute atomic E-state index is 11.5. The van der Waals surface area contributed by atoms with Crippen LogP contribution in [0.2, 0.25) is 0 Å². The Bertz CT molecular complexity index is 373. The summed E-state index contributed by atoms with van der Waals surface area (Å²) in [5.41, 5.74) is 0.506. The summed E-state index contributed by atoms with van der Waals surface area (Å²) in [6.45, 7) is 1.77. The Morgan fingerprint density at radius 2 is 2.36 bits per heavy atom. The Kier molecular flexibility index (Phi) is 4.34. The van der Waals surface area contributed by atoms with Crippen molar-refractivity contribution in [3.63, 3.8) is 0 Å². The van der Waals surface area contributed by atoms with E-state index in [0.29, 0.717) is 18.5 Å². The molecule has 0 radical (unpaired) electrons. The molecule has 1 aromatic heterocycles. The molecule has 0 saturated carbocycles. The minimum Gasteiger partial charge on any atom is -0.292 e. The van der Waals surface area contributed by atoms with Crippen LogP contribution < -0.4 is 0 Å². The summed E-state index contributed by atoms with van der Waals surface area (Å²) in [4.78, 5) is 15.5. The van der Waals surface area contributed by atoms with Gasteiger partial charge in [-0.3, -0.25) is 9.78 Å². The quantitative estimate of drug-likeness (QED) is 0.611. The van der Waals surface area contributed by atoms with Gasteiger partial charge in [-0.15, -0.1) is 11.8 Å². The molecule has 3 heteroatoms. The van der Waals surface area contributed by atoms with Crippen LogP contribution in [-0.4, -0.2) is 10.8 Å². The molecule has 1 aromatic rings.